The Kier molecular flexibility index (Phi) is 3.37. The van der Waals surface area contributed by atoms with Crippen molar-refractivity contribution < 1.29 is 33.5 Å². The zero-order valence-electron chi connectivity index (χ0n) is 8.19. The molecule has 2 rings (SSSR count). The number of aromatic carboxylic acids is 1. The summed E-state index contributed by atoms with van der Waals surface area (Å²) in [6, 6.07) is 0. The van der Waals surface area contributed by atoms with Crippen LogP contribution in [0, 0.1) is 0 Å². The van der Waals surface area contributed by atoms with Crippen LogP contribution in [0.15, 0.2) is 6.20 Å². The first-order valence-corrected chi connectivity index (χ1v) is 4.06. The second-order valence-corrected chi connectivity index (χ2v) is 3.09. The topological polar surface area (TPSA) is 67.2 Å². The van der Waals surface area contributed by atoms with E-state index in [0.29, 0.717) is 13.2 Å². The molecule has 1 aromatic rings. The second-order valence-electron chi connectivity index (χ2n) is 3.09. The molecule has 1 aliphatic rings. The summed E-state index contributed by atoms with van der Waals surface area (Å²) >= 11 is 0. The first-order valence-electron chi connectivity index (χ1n) is 4.06. The van der Waals surface area contributed by atoms with E-state index >= 15 is 0 Å². The number of rotatable bonds is 1. The normalized spacial score (nSPS) is 19.6. The van der Waals surface area contributed by atoms with Crippen molar-refractivity contribution in [2.45, 2.75) is 26.2 Å². The summed E-state index contributed by atoms with van der Waals surface area (Å²) in [5.74, 6) is -1.24. The Bertz CT molecular complexity index is 350. The van der Waals surface area contributed by atoms with E-state index in [0.717, 1.165) is 5.69 Å². The SMILES string of the molecule is CC1Cn2c(cnc2C(=O)[O-])CO1.[Li+]. The van der Waals surface area contributed by atoms with Gasteiger partial charge in [-0.25, -0.2) is 4.98 Å². The number of ether oxygens (including phenoxy) is 1. The van der Waals surface area contributed by atoms with Crippen LogP contribution >= 0.6 is 0 Å². The molecule has 1 aliphatic heterocycles. The Hall–Kier alpha value is -0.763. The molecular formula is C8H9LiN2O3. The van der Waals surface area contributed by atoms with Crippen LogP contribution in [-0.4, -0.2) is 21.6 Å². The maximum Gasteiger partial charge on any atom is 1.00 e. The number of aromatic nitrogens is 2. The Labute approximate surface area is 93.3 Å². The molecule has 0 N–H and O–H groups in total. The molecule has 1 aromatic heterocycles. The molecule has 0 saturated carbocycles. The number of carbonyl (C=O) groups excluding carboxylic acids is 1. The molecule has 0 aliphatic carbocycles. The van der Waals surface area contributed by atoms with Crippen molar-refractivity contribution in [3.05, 3.63) is 17.7 Å². The third-order valence-electron chi connectivity index (χ3n) is 2.08. The fourth-order valence-corrected chi connectivity index (χ4v) is 1.43. The minimum absolute atomic E-state index is 0. The largest absolute Gasteiger partial charge is 1.00 e. The van der Waals surface area contributed by atoms with Gasteiger partial charge in [0.05, 0.1) is 31.1 Å². The fourth-order valence-electron chi connectivity index (χ4n) is 1.43. The van der Waals surface area contributed by atoms with Gasteiger partial charge in [-0.2, -0.15) is 0 Å². The van der Waals surface area contributed by atoms with Crippen LogP contribution in [0.5, 0.6) is 0 Å². The molecule has 0 aromatic carbocycles. The summed E-state index contributed by atoms with van der Waals surface area (Å²) in [5, 5.41) is 10.6. The van der Waals surface area contributed by atoms with E-state index in [1.807, 2.05) is 6.92 Å². The molecule has 14 heavy (non-hydrogen) atoms. The van der Waals surface area contributed by atoms with Gasteiger partial charge in [0, 0.05) is 0 Å². The van der Waals surface area contributed by atoms with Crippen LogP contribution in [0.1, 0.15) is 23.2 Å². The maximum absolute atomic E-state index is 10.6. The minimum Gasteiger partial charge on any atom is -0.542 e. The van der Waals surface area contributed by atoms with Crippen molar-refractivity contribution in [2.24, 2.45) is 0 Å². The molecule has 0 radical (unpaired) electrons. The molecule has 6 heteroatoms. The standard InChI is InChI=1S/C8H10N2O3.Li/c1-5-3-10-6(4-13-5)2-9-7(10)8(11)12;/h2,5H,3-4H2,1H3,(H,11,12);/q;+1/p-1. The molecule has 0 amide bonds. The molecule has 70 valence electrons. The summed E-state index contributed by atoms with van der Waals surface area (Å²) in [7, 11) is 0. The zero-order valence-corrected chi connectivity index (χ0v) is 8.19. The van der Waals surface area contributed by atoms with E-state index in [1.54, 1.807) is 4.57 Å². The average Bonchev–Trinajstić information content (AvgIpc) is 2.46. The van der Waals surface area contributed by atoms with Crippen molar-refractivity contribution in [1.82, 2.24) is 9.55 Å². The van der Waals surface area contributed by atoms with Gasteiger partial charge in [0.15, 0.2) is 5.82 Å². The number of hydrogen-bond donors (Lipinski definition) is 0. The molecule has 0 fully saturated rings. The van der Waals surface area contributed by atoms with Crippen molar-refractivity contribution in [3.8, 4) is 0 Å². The van der Waals surface area contributed by atoms with E-state index in [2.05, 4.69) is 4.98 Å². The number of fused-ring (bicyclic) bond motifs is 1. The molecular weight excluding hydrogens is 179 g/mol. The van der Waals surface area contributed by atoms with E-state index in [1.165, 1.54) is 6.20 Å². The first kappa shape index (κ1) is 11.3. The van der Waals surface area contributed by atoms with Crippen LogP contribution in [-0.2, 0) is 17.9 Å². The van der Waals surface area contributed by atoms with Crippen molar-refractivity contribution in [1.29, 1.82) is 0 Å². The van der Waals surface area contributed by atoms with Gasteiger partial charge in [-0.05, 0) is 6.92 Å². The zero-order chi connectivity index (χ0) is 9.42. The number of carboxylic acid groups (broad SMARTS) is 1. The second kappa shape index (κ2) is 4.18. The summed E-state index contributed by atoms with van der Waals surface area (Å²) in [6.07, 6.45) is 1.54. The van der Waals surface area contributed by atoms with E-state index in [-0.39, 0.29) is 30.8 Å². The molecule has 1 atom stereocenters. The first-order chi connectivity index (χ1) is 6.18. The monoisotopic (exact) mass is 188 g/mol. The van der Waals surface area contributed by atoms with Gasteiger partial charge < -0.3 is 19.2 Å². The summed E-state index contributed by atoms with van der Waals surface area (Å²) in [5.41, 5.74) is 0.789. The minimum atomic E-state index is -1.24. The van der Waals surface area contributed by atoms with Crippen LogP contribution in [0.4, 0.5) is 0 Å². The maximum atomic E-state index is 10.6. The quantitative estimate of drug-likeness (QED) is 0.423. The van der Waals surface area contributed by atoms with Crippen LogP contribution in [0.25, 0.3) is 0 Å². The average molecular weight is 188 g/mol. The van der Waals surface area contributed by atoms with Gasteiger partial charge in [-0.15, -0.1) is 0 Å². The van der Waals surface area contributed by atoms with E-state index in [9.17, 15) is 9.90 Å². The molecule has 0 saturated heterocycles. The molecule has 5 nitrogen and oxygen atoms in total. The molecule has 0 spiro atoms. The summed E-state index contributed by atoms with van der Waals surface area (Å²) < 4.78 is 6.95. The Morgan fingerprint density at radius 2 is 2.50 bits per heavy atom. The summed E-state index contributed by atoms with van der Waals surface area (Å²) in [4.78, 5) is 14.4. The van der Waals surface area contributed by atoms with E-state index < -0.39 is 5.97 Å². The van der Waals surface area contributed by atoms with Crippen molar-refractivity contribution in [2.75, 3.05) is 0 Å². The van der Waals surface area contributed by atoms with Gasteiger partial charge in [0.1, 0.15) is 5.97 Å². The molecule has 1 unspecified atom stereocenters. The Morgan fingerprint density at radius 3 is 3.14 bits per heavy atom. The molecule has 0 bridgehead atoms. The smallest absolute Gasteiger partial charge is 0.542 e. The van der Waals surface area contributed by atoms with Crippen molar-refractivity contribution >= 4 is 5.97 Å². The van der Waals surface area contributed by atoms with Gasteiger partial charge in [0.2, 0.25) is 0 Å². The molecule has 2 heterocycles. The van der Waals surface area contributed by atoms with Crippen LogP contribution in [0.2, 0.25) is 0 Å². The van der Waals surface area contributed by atoms with Crippen molar-refractivity contribution in [3.63, 3.8) is 0 Å². The Balaban J connectivity index is 0.000000980. The fraction of sp³-hybridized carbons (Fsp3) is 0.500. The van der Waals surface area contributed by atoms with E-state index in [4.69, 9.17) is 4.74 Å². The number of imidazole rings is 1. The third-order valence-corrected chi connectivity index (χ3v) is 2.08. The van der Waals surface area contributed by atoms with Gasteiger partial charge in [-0.3, -0.25) is 0 Å². The van der Waals surface area contributed by atoms with Gasteiger partial charge in [0.25, 0.3) is 0 Å². The summed E-state index contributed by atoms with van der Waals surface area (Å²) in [6.45, 7) is 2.84. The van der Waals surface area contributed by atoms with Gasteiger partial charge >= 0.3 is 18.9 Å². The Morgan fingerprint density at radius 1 is 1.79 bits per heavy atom. The number of carboxylic acids is 1. The van der Waals surface area contributed by atoms with Crippen LogP contribution < -0.4 is 24.0 Å². The third kappa shape index (κ3) is 1.85. The van der Waals surface area contributed by atoms with Gasteiger partial charge in [-0.1, -0.05) is 0 Å². The van der Waals surface area contributed by atoms with Crippen LogP contribution in [0.3, 0.4) is 0 Å². The predicted molar refractivity (Wildman–Crippen MR) is 40.8 cm³/mol. The number of carbonyl (C=O) groups is 1. The predicted octanol–water partition coefficient (Wildman–Crippen LogP) is -3.83. The number of hydrogen-bond acceptors (Lipinski definition) is 4. The number of nitrogens with zero attached hydrogens (tertiary/aromatic N) is 2.